The van der Waals surface area contributed by atoms with Gasteiger partial charge >= 0.3 is 0 Å². The Morgan fingerprint density at radius 1 is 0.781 bits per heavy atom. The van der Waals surface area contributed by atoms with E-state index in [4.69, 9.17) is 0 Å². The molecule has 1 aromatic heterocycles. The van der Waals surface area contributed by atoms with Gasteiger partial charge in [0, 0.05) is 43.0 Å². The van der Waals surface area contributed by atoms with Crippen molar-refractivity contribution in [2.24, 2.45) is 0 Å². The molecule has 0 saturated carbocycles. The number of piperazine rings is 1. The van der Waals surface area contributed by atoms with Crippen LogP contribution in [-0.4, -0.2) is 53.7 Å². The van der Waals surface area contributed by atoms with Crippen molar-refractivity contribution in [3.63, 3.8) is 0 Å². The number of rotatable bonds is 4. The Kier molecular flexibility index (Phi) is 6.27. The molecular weight excluding hydrogens is 436 g/mol. The summed E-state index contributed by atoms with van der Waals surface area (Å²) >= 11 is 1.34. The van der Waals surface area contributed by atoms with Gasteiger partial charge in [0.1, 0.15) is 0 Å². The molecule has 2 aromatic carbocycles. The minimum absolute atomic E-state index is 0.0730. The van der Waals surface area contributed by atoms with Crippen LogP contribution in [0.3, 0.4) is 0 Å². The number of nitrogens with zero attached hydrogens (tertiary/aromatic N) is 2. The van der Waals surface area contributed by atoms with Gasteiger partial charge in [0.25, 0.3) is 17.7 Å². The van der Waals surface area contributed by atoms with Gasteiger partial charge in [-0.2, -0.15) is 0 Å². The third-order valence-corrected chi connectivity index (χ3v) is 6.02. The van der Waals surface area contributed by atoms with E-state index in [1.165, 1.54) is 22.3 Å². The SMILES string of the molecule is O=C(Nc1ccc(C(=O)N2CCN(C(=O)c3ccc(F)c(F)c3)CC2)cc1)c1cccs1. The zero-order valence-corrected chi connectivity index (χ0v) is 17.7. The Labute approximate surface area is 187 Å². The number of amides is 3. The minimum Gasteiger partial charge on any atom is -0.335 e. The highest BCUT2D eigenvalue weighted by molar-refractivity contribution is 7.12. The lowest BCUT2D eigenvalue weighted by Gasteiger charge is -2.35. The molecule has 0 radical (unpaired) electrons. The van der Waals surface area contributed by atoms with Crippen molar-refractivity contribution in [1.29, 1.82) is 0 Å². The van der Waals surface area contributed by atoms with Crippen molar-refractivity contribution in [2.45, 2.75) is 0 Å². The maximum atomic E-state index is 13.4. The quantitative estimate of drug-likeness (QED) is 0.649. The Balaban J connectivity index is 1.33. The summed E-state index contributed by atoms with van der Waals surface area (Å²) in [4.78, 5) is 41.2. The van der Waals surface area contributed by atoms with Gasteiger partial charge in [-0.05, 0) is 53.9 Å². The van der Waals surface area contributed by atoms with Crippen LogP contribution in [0.2, 0.25) is 0 Å². The van der Waals surface area contributed by atoms with Crippen LogP contribution in [-0.2, 0) is 0 Å². The van der Waals surface area contributed by atoms with Crippen molar-refractivity contribution in [3.8, 4) is 0 Å². The van der Waals surface area contributed by atoms with E-state index < -0.39 is 17.5 Å². The zero-order valence-electron chi connectivity index (χ0n) is 16.9. The average Bonchev–Trinajstić information content (AvgIpc) is 3.36. The number of hydrogen-bond donors (Lipinski definition) is 1. The molecule has 3 aromatic rings. The monoisotopic (exact) mass is 455 g/mol. The molecular formula is C23H19F2N3O3S. The molecule has 3 amide bonds. The molecule has 4 rings (SSSR count). The lowest BCUT2D eigenvalue weighted by atomic mass is 10.1. The van der Waals surface area contributed by atoms with Gasteiger partial charge in [-0.25, -0.2) is 8.78 Å². The molecule has 9 heteroatoms. The molecule has 1 N–H and O–H groups in total. The van der Waals surface area contributed by atoms with Crippen LogP contribution < -0.4 is 5.32 Å². The van der Waals surface area contributed by atoms with E-state index in [-0.39, 0.29) is 17.4 Å². The van der Waals surface area contributed by atoms with E-state index in [9.17, 15) is 23.2 Å². The maximum absolute atomic E-state index is 13.4. The number of benzene rings is 2. The van der Waals surface area contributed by atoms with Crippen LogP contribution in [0.4, 0.5) is 14.5 Å². The first kappa shape index (κ1) is 21.6. The largest absolute Gasteiger partial charge is 0.335 e. The average molecular weight is 455 g/mol. The zero-order chi connectivity index (χ0) is 22.7. The summed E-state index contributed by atoms with van der Waals surface area (Å²) in [6.45, 7) is 1.23. The summed E-state index contributed by atoms with van der Waals surface area (Å²) in [5.74, 6) is -2.86. The van der Waals surface area contributed by atoms with Crippen molar-refractivity contribution in [2.75, 3.05) is 31.5 Å². The molecule has 0 aliphatic carbocycles. The highest BCUT2D eigenvalue weighted by Crippen LogP contribution is 2.17. The Hall–Kier alpha value is -3.59. The molecule has 6 nitrogen and oxygen atoms in total. The van der Waals surface area contributed by atoms with Gasteiger partial charge in [0.15, 0.2) is 11.6 Å². The van der Waals surface area contributed by atoms with Crippen LogP contribution in [0.5, 0.6) is 0 Å². The van der Waals surface area contributed by atoms with E-state index >= 15 is 0 Å². The summed E-state index contributed by atoms with van der Waals surface area (Å²) in [7, 11) is 0. The second-order valence-corrected chi connectivity index (χ2v) is 8.17. The normalized spacial score (nSPS) is 13.7. The second kappa shape index (κ2) is 9.27. The van der Waals surface area contributed by atoms with E-state index in [0.717, 1.165) is 12.1 Å². The van der Waals surface area contributed by atoms with Gasteiger partial charge in [0.05, 0.1) is 4.88 Å². The molecule has 0 spiro atoms. The number of nitrogens with one attached hydrogen (secondary N) is 1. The van der Waals surface area contributed by atoms with Gasteiger partial charge in [-0.1, -0.05) is 6.07 Å². The standard InChI is InChI=1S/C23H19F2N3O3S/c24-18-8-5-16(14-19(18)25)23(31)28-11-9-27(10-12-28)22(30)15-3-6-17(7-4-15)26-21(29)20-2-1-13-32-20/h1-8,13-14H,9-12H2,(H,26,29). The van der Waals surface area contributed by atoms with Crippen LogP contribution >= 0.6 is 11.3 Å². The van der Waals surface area contributed by atoms with E-state index in [1.807, 2.05) is 5.38 Å². The number of hydrogen-bond acceptors (Lipinski definition) is 4. The summed E-state index contributed by atoms with van der Waals surface area (Å²) in [6, 6.07) is 13.2. The number of thiophene rings is 1. The molecule has 0 unspecified atom stereocenters. The summed E-state index contributed by atoms with van der Waals surface area (Å²) in [5, 5.41) is 4.60. The maximum Gasteiger partial charge on any atom is 0.265 e. The topological polar surface area (TPSA) is 69.7 Å². The van der Waals surface area contributed by atoms with Gasteiger partial charge < -0.3 is 15.1 Å². The fraction of sp³-hybridized carbons (Fsp3) is 0.174. The Morgan fingerprint density at radius 2 is 1.38 bits per heavy atom. The van der Waals surface area contributed by atoms with Crippen LogP contribution in [0, 0.1) is 11.6 Å². The highest BCUT2D eigenvalue weighted by Gasteiger charge is 2.26. The lowest BCUT2D eigenvalue weighted by Crippen LogP contribution is -2.50. The van der Waals surface area contributed by atoms with Gasteiger partial charge in [-0.15, -0.1) is 11.3 Å². The van der Waals surface area contributed by atoms with Crippen LogP contribution in [0.15, 0.2) is 60.0 Å². The molecule has 1 saturated heterocycles. The van der Waals surface area contributed by atoms with Gasteiger partial charge in [-0.3, -0.25) is 14.4 Å². The molecule has 0 atom stereocenters. The first-order chi connectivity index (χ1) is 15.4. The van der Waals surface area contributed by atoms with Crippen molar-refractivity contribution in [1.82, 2.24) is 9.80 Å². The first-order valence-electron chi connectivity index (χ1n) is 9.91. The van der Waals surface area contributed by atoms with Crippen LogP contribution in [0.25, 0.3) is 0 Å². The molecule has 2 heterocycles. The third kappa shape index (κ3) is 4.67. The minimum atomic E-state index is -1.07. The summed E-state index contributed by atoms with van der Waals surface area (Å²) in [5.41, 5.74) is 1.13. The lowest BCUT2D eigenvalue weighted by molar-refractivity contribution is 0.0535. The van der Waals surface area contributed by atoms with E-state index in [0.29, 0.717) is 42.3 Å². The van der Waals surface area contributed by atoms with Crippen molar-refractivity contribution in [3.05, 3.63) is 87.6 Å². The molecule has 0 bridgehead atoms. The number of carbonyl (C=O) groups is 3. The fourth-order valence-corrected chi connectivity index (χ4v) is 4.02. The number of anilines is 1. The highest BCUT2D eigenvalue weighted by atomic mass is 32.1. The van der Waals surface area contributed by atoms with Crippen molar-refractivity contribution < 1.29 is 23.2 Å². The van der Waals surface area contributed by atoms with E-state index in [2.05, 4.69) is 5.32 Å². The Morgan fingerprint density at radius 3 is 1.94 bits per heavy atom. The molecule has 1 aliphatic heterocycles. The molecule has 32 heavy (non-hydrogen) atoms. The second-order valence-electron chi connectivity index (χ2n) is 7.22. The third-order valence-electron chi connectivity index (χ3n) is 5.16. The van der Waals surface area contributed by atoms with Crippen LogP contribution in [0.1, 0.15) is 30.4 Å². The molecule has 1 fully saturated rings. The Bertz CT molecular complexity index is 1140. The predicted octanol–water partition coefficient (Wildman–Crippen LogP) is 3.88. The van der Waals surface area contributed by atoms with Crippen molar-refractivity contribution >= 4 is 34.7 Å². The fourth-order valence-electron chi connectivity index (χ4n) is 3.40. The number of carbonyl (C=O) groups excluding carboxylic acids is 3. The first-order valence-corrected chi connectivity index (χ1v) is 10.8. The summed E-state index contributed by atoms with van der Waals surface area (Å²) < 4.78 is 26.5. The smallest absolute Gasteiger partial charge is 0.265 e. The number of halogens is 2. The molecule has 164 valence electrons. The molecule has 1 aliphatic rings. The predicted molar refractivity (Wildman–Crippen MR) is 117 cm³/mol. The van der Waals surface area contributed by atoms with Gasteiger partial charge in [0.2, 0.25) is 0 Å². The van der Waals surface area contributed by atoms with E-state index in [1.54, 1.807) is 41.3 Å². The summed E-state index contributed by atoms with van der Waals surface area (Å²) in [6.07, 6.45) is 0.